The van der Waals surface area contributed by atoms with E-state index < -0.39 is 6.04 Å². The molecule has 3 N–H and O–H groups in total. The second-order valence-electron chi connectivity index (χ2n) is 2.57. The fourth-order valence-corrected chi connectivity index (χ4v) is 0.839. The van der Waals surface area contributed by atoms with Crippen molar-refractivity contribution in [2.45, 2.75) is 25.8 Å². The van der Waals surface area contributed by atoms with Crippen LogP contribution < -0.4 is 11.1 Å². The van der Waals surface area contributed by atoms with Crippen molar-refractivity contribution in [3.8, 4) is 0 Å². The zero-order chi connectivity index (χ0) is 9.56. The van der Waals surface area contributed by atoms with Crippen molar-refractivity contribution >= 4 is 23.7 Å². The molecule has 0 fully saturated rings. The summed E-state index contributed by atoms with van der Waals surface area (Å²) in [6.45, 7) is 2.01. The molecular formula is C7H14N2O2S. The van der Waals surface area contributed by atoms with Crippen LogP contribution in [-0.4, -0.2) is 23.6 Å². The highest BCUT2D eigenvalue weighted by molar-refractivity contribution is 7.96. The number of hydrogen-bond acceptors (Lipinski definition) is 3. The number of carbonyl (C=O) groups excluding carboxylic acids is 2. The SMILES string of the molecule is CC(=O)NCCC[C@H](N)C(=O)S. The average Bonchev–Trinajstić information content (AvgIpc) is 1.97. The molecule has 0 radical (unpaired) electrons. The van der Waals surface area contributed by atoms with Crippen molar-refractivity contribution < 1.29 is 9.59 Å². The third-order valence-corrected chi connectivity index (χ3v) is 1.71. The van der Waals surface area contributed by atoms with Crippen LogP contribution in [0, 0.1) is 0 Å². The molecule has 0 aromatic rings. The van der Waals surface area contributed by atoms with E-state index in [0.29, 0.717) is 19.4 Å². The highest BCUT2D eigenvalue weighted by Crippen LogP contribution is 1.96. The van der Waals surface area contributed by atoms with Gasteiger partial charge in [0, 0.05) is 13.5 Å². The Hall–Kier alpha value is -0.550. The summed E-state index contributed by atoms with van der Waals surface area (Å²) in [5.41, 5.74) is 5.39. The van der Waals surface area contributed by atoms with Gasteiger partial charge in [0.15, 0.2) is 0 Å². The van der Waals surface area contributed by atoms with Crippen LogP contribution in [0.25, 0.3) is 0 Å². The molecule has 0 saturated carbocycles. The molecule has 0 rings (SSSR count). The summed E-state index contributed by atoms with van der Waals surface area (Å²) in [5.74, 6) is -0.0687. The monoisotopic (exact) mass is 190 g/mol. The fourth-order valence-electron chi connectivity index (χ4n) is 0.710. The Morgan fingerprint density at radius 1 is 1.58 bits per heavy atom. The van der Waals surface area contributed by atoms with Crippen molar-refractivity contribution in [3.05, 3.63) is 0 Å². The Morgan fingerprint density at radius 2 is 2.17 bits per heavy atom. The number of thiol groups is 1. The first-order chi connectivity index (χ1) is 5.54. The van der Waals surface area contributed by atoms with Crippen molar-refractivity contribution in [1.82, 2.24) is 5.32 Å². The molecule has 4 nitrogen and oxygen atoms in total. The molecule has 0 aromatic heterocycles. The van der Waals surface area contributed by atoms with Crippen LogP contribution in [0.3, 0.4) is 0 Å². The molecule has 5 heteroatoms. The molecule has 0 spiro atoms. The van der Waals surface area contributed by atoms with E-state index in [4.69, 9.17) is 5.73 Å². The van der Waals surface area contributed by atoms with Gasteiger partial charge < -0.3 is 11.1 Å². The summed E-state index contributed by atoms with van der Waals surface area (Å²) in [4.78, 5) is 20.9. The zero-order valence-electron chi connectivity index (χ0n) is 7.04. The van der Waals surface area contributed by atoms with E-state index >= 15 is 0 Å². The molecule has 0 bridgehead atoms. The Kier molecular flexibility index (Phi) is 5.74. The number of amides is 1. The van der Waals surface area contributed by atoms with Crippen LogP contribution in [-0.2, 0) is 9.59 Å². The summed E-state index contributed by atoms with van der Waals surface area (Å²) in [6.07, 6.45) is 1.26. The summed E-state index contributed by atoms with van der Waals surface area (Å²) in [7, 11) is 0. The third-order valence-electron chi connectivity index (χ3n) is 1.38. The van der Waals surface area contributed by atoms with Crippen LogP contribution in [0.5, 0.6) is 0 Å². The van der Waals surface area contributed by atoms with Gasteiger partial charge in [0.1, 0.15) is 0 Å². The largest absolute Gasteiger partial charge is 0.356 e. The van der Waals surface area contributed by atoms with Crippen molar-refractivity contribution in [1.29, 1.82) is 0 Å². The summed E-state index contributed by atoms with van der Waals surface area (Å²) in [5, 5.41) is 2.30. The Labute approximate surface area is 77.3 Å². The second kappa shape index (κ2) is 6.02. The minimum Gasteiger partial charge on any atom is -0.356 e. The maximum atomic E-state index is 10.5. The lowest BCUT2D eigenvalue weighted by Crippen LogP contribution is -2.29. The normalized spacial score (nSPS) is 12.2. The summed E-state index contributed by atoms with van der Waals surface area (Å²) >= 11 is 3.58. The van der Waals surface area contributed by atoms with E-state index in [-0.39, 0.29) is 11.0 Å². The molecule has 0 aromatic carbocycles. The lowest BCUT2D eigenvalue weighted by Gasteiger charge is -2.06. The fraction of sp³-hybridized carbons (Fsp3) is 0.714. The maximum absolute atomic E-state index is 10.5. The van der Waals surface area contributed by atoms with Crippen LogP contribution >= 0.6 is 12.6 Å². The molecule has 1 atom stereocenters. The van der Waals surface area contributed by atoms with E-state index in [1.54, 1.807) is 0 Å². The standard InChI is InChI=1S/C7H14N2O2S/c1-5(10)9-4-2-3-6(8)7(11)12/h6H,2-4,8H2,1H3,(H,9,10)(H,11,12)/t6-/m0/s1. The Morgan fingerprint density at radius 3 is 2.58 bits per heavy atom. The maximum Gasteiger partial charge on any atom is 0.216 e. The molecule has 0 aliphatic rings. The van der Waals surface area contributed by atoms with Crippen LogP contribution in [0.2, 0.25) is 0 Å². The Balaban J connectivity index is 3.31. The van der Waals surface area contributed by atoms with Gasteiger partial charge in [0.05, 0.1) is 6.04 Å². The van der Waals surface area contributed by atoms with Crippen LogP contribution in [0.1, 0.15) is 19.8 Å². The number of hydrogen-bond donors (Lipinski definition) is 3. The summed E-state index contributed by atoms with van der Waals surface area (Å²) in [6, 6.07) is -0.512. The van der Waals surface area contributed by atoms with E-state index in [1.165, 1.54) is 6.92 Å². The number of nitrogens with two attached hydrogens (primary N) is 1. The van der Waals surface area contributed by atoms with Gasteiger partial charge in [-0.2, -0.15) is 0 Å². The minimum atomic E-state index is -0.512. The highest BCUT2D eigenvalue weighted by Gasteiger charge is 2.07. The van der Waals surface area contributed by atoms with Gasteiger partial charge in [-0.3, -0.25) is 9.59 Å². The van der Waals surface area contributed by atoms with Gasteiger partial charge in [0.25, 0.3) is 0 Å². The number of nitrogens with one attached hydrogen (secondary N) is 1. The molecule has 0 aliphatic carbocycles. The lowest BCUT2D eigenvalue weighted by molar-refractivity contribution is -0.118. The highest BCUT2D eigenvalue weighted by atomic mass is 32.1. The second-order valence-corrected chi connectivity index (χ2v) is 3.01. The quantitative estimate of drug-likeness (QED) is 0.411. The van der Waals surface area contributed by atoms with E-state index in [0.717, 1.165) is 0 Å². The Bertz CT molecular complexity index is 173. The van der Waals surface area contributed by atoms with Gasteiger partial charge in [-0.1, -0.05) is 0 Å². The first-order valence-corrected chi connectivity index (χ1v) is 4.21. The molecule has 0 saturated heterocycles. The minimum absolute atomic E-state index is 0.0687. The van der Waals surface area contributed by atoms with Gasteiger partial charge in [-0.25, -0.2) is 0 Å². The van der Waals surface area contributed by atoms with E-state index in [2.05, 4.69) is 17.9 Å². The lowest BCUT2D eigenvalue weighted by atomic mass is 10.2. The zero-order valence-corrected chi connectivity index (χ0v) is 7.93. The van der Waals surface area contributed by atoms with Gasteiger partial charge in [-0.15, -0.1) is 12.6 Å². The molecule has 0 aliphatic heterocycles. The van der Waals surface area contributed by atoms with Gasteiger partial charge in [0.2, 0.25) is 11.0 Å². The molecular weight excluding hydrogens is 176 g/mol. The van der Waals surface area contributed by atoms with E-state index in [1.807, 2.05) is 0 Å². The van der Waals surface area contributed by atoms with E-state index in [9.17, 15) is 9.59 Å². The van der Waals surface area contributed by atoms with Crippen LogP contribution in [0.4, 0.5) is 0 Å². The first-order valence-electron chi connectivity index (χ1n) is 3.77. The predicted molar refractivity (Wildman–Crippen MR) is 49.9 cm³/mol. The van der Waals surface area contributed by atoms with Crippen LogP contribution in [0.15, 0.2) is 0 Å². The molecule has 70 valence electrons. The average molecular weight is 190 g/mol. The predicted octanol–water partition coefficient (Wildman–Crippen LogP) is -0.314. The smallest absolute Gasteiger partial charge is 0.216 e. The molecule has 0 heterocycles. The first kappa shape index (κ1) is 11.4. The molecule has 1 amide bonds. The van der Waals surface area contributed by atoms with Gasteiger partial charge >= 0.3 is 0 Å². The van der Waals surface area contributed by atoms with Crippen molar-refractivity contribution in [3.63, 3.8) is 0 Å². The third kappa shape index (κ3) is 6.18. The number of rotatable bonds is 5. The molecule has 12 heavy (non-hydrogen) atoms. The number of carbonyl (C=O) groups is 2. The van der Waals surface area contributed by atoms with Crippen molar-refractivity contribution in [2.24, 2.45) is 5.73 Å². The topological polar surface area (TPSA) is 72.2 Å². The van der Waals surface area contributed by atoms with Gasteiger partial charge in [-0.05, 0) is 12.8 Å². The molecule has 0 unspecified atom stereocenters. The summed E-state index contributed by atoms with van der Waals surface area (Å²) < 4.78 is 0. The van der Waals surface area contributed by atoms with Crippen molar-refractivity contribution in [2.75, 3.05) is 6.54 Å².